The summed E-state index contributed by atoms with van der Waals surface area (Å²) in [5, 5.41) is 0. The van der Waals surface area contributed by atoms with Gasteiger partial charge < -0.3 is 10.2 Å². The van der Waals surface area contributed by atoms with Crippen molar-refractivity contribution in [1.82, 2.24) is 0 Å². The van der Waals surface area contributed by atoms with Crippen molar-refractivity contribution in [1.29, 1.82) is 0 Å². The van der Waals surface area contributed by atoms with Crippen LogP contribution in [0, 0.1) is 13.8 Å². The van der Waals surface area contributed by atoms with E-state index in [9.17, 15) is 8.78 Å². The SMILES string of the molecule is Cc1cc([C@H](N)C(F)F)oc1C. The van der Waals surface area contributed by atoms with Gasteiger partial charge in [0, 0.05) is 0 Å². The standard InChI is InChI=1S/C8H11F2NO/c1-4-3-6(12-5(4)2)7(11)8(9)10/h3,7-8H,11H2,1-2H3/t7-/m0/s1. The molecule has 1 rings (SSSR count). The second-order valence-corrected chi connectivity index (χ2v) is 2.75. The van der Waals surface area contributed by atoms with E-state index in [0.717, 1.165) is 5.56 Å². The van der Waals surface area contributed by atoms with Crippen LogP contribution in [0.25, 0.3) is 0 Å². The molecule has 0 bridgehead atoms. The number of alkyl halides is 2. The summed E-state index contributed by atoms with van der Waals surface area (Å²) in [6.07, 6.45) is -2.57. The first kappa shape index (κ1) is 9.19. The van der Waals surface area contributed by atoms with Gasteiger partial charge in [0.1, 0.15) is 17.6 Å². The Balaban J connectivity index is 2.89. The van der Waals surface area contributed by atoms with Crippen LogP contribution in [0.2, 0.25) is 0 Å². The Kier molecular flexibility index (Phi) is 2.47. The predicted octanol–water partition coefficient (Wildman–Crippen LogP) is 2.16. The van der Waals surface area contributed by atoms with Crippen molar-refractivity contribution < 1.29 is 13.2 Å². The van der Waals surface area contributed by atoms with E-state index in [2.05, 4.69) is 0 Å². The van der Waals surface area contributed by atoms with Gasteiger partial charge in [-0.15, -0.1) is 0 Å². The molecule has 0 saturated carbocycles. The average molecular weight is 175 g/mol. The second-order valence-electron chi connectivity index (χ2n) is 2.75. The molecule has 0 aromatic carbocycles. The molecule has 0 aliphatic heterocycles. The smallest absolute Gasteiger partial charge is 0.260 e. The molecule has 1 atom stereocenters. The van der Waals surface area contributed by atoms with E-state index < -0.39 is 12.5 Å². The van der Waals surface area contributed by atoms with Crippen LogP contribution in [0.3, 0.4) is 0 Å². The number of rotatable bonds is 2. The number of furan rings is 1. The minimum absolute atomic E-state index is 0.153. The topological polar surface area (TPSA) is 39.2 Å². The molecule has 0 amide bonds. The molecule has 4 heteroatoms. The lowest BCUT2D eigenvalue weighted by atomic mass is 10.2. The number of halogens is 2. The van der Waals surface area contributed by atoms with Crippen molar-refractivity contribution in [2.45, 2.75) is 26.3 Å². The normalized spacial score (nSPS) is 13.8. The number of aryl methyl sites for hydroxylation is 2. The molecule has 0 spiro atoms. The Labute approximate surface area is 69.4 Å². The Morgan fingerprint density at radius 2 is 2.00 bits per heavy atom. The summed E-state index contributed by atoms with van der Waals surface area (Å²) in [4.78, 5) is 0. The van der Waals surface area contributed by atoms with Crippen molar-refractivity contribution in [3.63, 3.8) is 0 Å². The van der Waals surface area contributed by atoms with Crippen LogP contribution in [-0.4, -0.2) is 6.43 Å². The average Bonchev–Trinajstić information content (AvgIpc) is 2.30. The molecule has 0 fully saturated rings. The highest BCUT2D eigenvalue weighted by Gasteiger charge is 2.21. The highest BCUT2D eigenvalue weighted by molar-refractivity contribution is 5.20. The fourth-order valence-electron chi connectivity index (χ4n) is 0.890. The third-order valence-electron chi connectivity index (χ3n) is 1.79. The number of nitrogens with two attached hydrogens (primary N) is 1. The highest BCUT2D eigenvalue weighted by atomic mass is 19.3. The van der Waals surface area contributed by atoms with Crippen LogP contribution in [-0.2, 0) is 0 Å². The molecular weight excluding hydrogens is 164 g/mol. The summed E-state index contributed by atoms with van der Waals surface area (Å²) in [6, 6.07) is 0.240. The third kappa shape index (κ3) is 1.64. The van der Waals surface area contributed by atoms with Gasteiger partial charge in [0.25, 0.3) is 6.43 Å². The Morgan fingerprint density at radius 3 is 2.33 bits per heavy atom. The molecular formula is C8H11F2NO. The Bertz CT molecular complexity index is 251. The maximum Gasteiger partial charge on any atom is 0.260 e. The highest BCUT2D eigenvalue weighted by Crippen LogP contribution is 2.22. The zero-order valence-electron chi connectivity index (χ0n) is 6.97. The molecule has 2 nitrogen and oxygen atoms in total. The third-order valence-corrected chi connectivity index (χ3v) is 1.79. The summed E-state index contributed by atoms with van der Waals surface area (Å²) in [6.45, 7) is 3.51. The van der Waals surface area contributed by atoms with Gasteiger partial charge in [-0.3, -0.25) is 0 Å². The molecule has 68 valence electrons. The molecule has 1 heterocycles. The van der Waals surface area contributed by atoms with Crippen LogP contribution in [0.4, 0.5) is 8.78 Å². The lowest BCUT2D eigenvalue weighted by Gasteiger charge is -2.05. The molecule has 1 aromatic rings. The lowest BCUT2D eigenvalue weighted by molar-refractivity contribution is 0.106. The first-order valence-corrected chi connectivity index (χ1v) is 3.63. The summed E-state index contributed by atoms with van der Waals surface area (Å²) >= 11 is 0. The zero-order valence-corrected chi connectivity index (χ0v) is 6.97. The zero-order chi connectivity index (χ0) is 9.30. The maximum absolute atomic E-state index is 12.1. The van der Waals surface area contributed by atoms with Gasteiger partial charge in [-0.1, -0.05) is 0 Å². The van der Waals surface area contributed by atoms with E-state index >= 15 is 0 Å². The van der Waals surface area contributed by atoms with E-state index in [4.69, 9.17) is 10.2 Å². The van der Waals surface area contributed by atoms with E-state index in [1.54, 1.807) is 19.9 Å². The van der Waals surface area contributed by atoms with Crippen molar-refractivity contribution in [3.8, 4) is 0 Å². The van der Waals surface area contributed by atoms with E-state index in [1.807, 2.05) is 0 Å². The van der Waals surface area contributed by atoms with Crippen molar-refractivity contribution >= 4 is 0 Å². The van der Waals surface area contributed by atoms with Crippen LogP contribution in [0.15, 0.2) is 10.5 Å². The quantitative estimate of drug-likeness (QED) is 0.748. The number of hydrogen-bond acceptors (Lipinski definition) is 2. The van der Waals surface area contributed by atoms with E-state index in [0.29, 0.717) is 5.76 Å². The Hall–Kier alpha value is -0.900. The van der Waals surface area contributed by atoms with E-state index in [-0.39, 0.29) is 5.76 Å². The second kappa shape index (κ2) is 3.23. The van der Waals surface area contributed by atoms with Crippen LogP contribution in [0.5, 0.6) is 0 Å². The minimum atomic E-state index is -2.57. The molecule has 2 N–H and O–H groups in total. The summed E-state index contributed by atoms with van der Waals surface area (Å²) in [5.74, 6) is 0.793. The van der Waals surface area contributed by atoms with Gasteiger partial charge in [0.05, 0.1) is 0 Å². The van der Waals surface area contributed by atoms with Gasteiger partial charge in [-0.2, -0.15) is 0 Å². The first-order chi connectivity index (χ1) is 5.52. The lowest BCUT2D eigenvalue weighted by Crippen LogP contribution is -2.17. The molecule has 12 heavy (non-hydrogen) atoms. The first-order valence-electron chi connectivity index (χ1n) is 3.63. The minimum Gasteiger partial charge on any atom is -0.464 e. The molecule has 0 aliphatic rings. The van der Waals surface area contributed by atoms with Gasteiger partial charge in [-0.25, -0.2) is 8.78 Å². The van der Waals surface area contributed by atoms with Crippen LogP contribution < -0.4 is 5.73 Å². The summed E-state index contributed by atoms with van der Waals surface area (Å²) in [7, 11) is 0. The fraction of sp³-hybridized carbons (Fsp3) is 0.500. The molecule has 0 radical (unpaired) electrons. The largest absolute Gasteiger partial charge is 0.464 e. The van der Waals surface area contributed by atoms with Crippen molar-refractivity contribution in [2.24, 2.45) is 5.73 Å². The maximum atomic E-state index is 12.1. The van der Waals surface area contributed by atoms with Gasteiger partial charge >= 0.3 is 0 Å². The van der Waals surface area contributed by atoms with Crippen molar-refractivity contribution in [3.05, 3.63) is 23.2 Å². The van der Waals surface area contributed by atoms with E-state index in [1.165, 1.54) is 0 Å². The fourth-order valence-corrected chi connectivity index (χ4v) is 0.890. The van der Waals surface area contributed by atoms with Crippen LogP contribution in [0.1, 0.15) is 23.1 Å². The number of hydrogen-bond donors (Lipinski definition) is 1. The van der Waals surface area contributed by atoms with Gasteiger partial charge in [0.2, 0.25) is 0 Å². The summed E-state index contributed by atoms with van der Waals surface area (Å²) < 4.78 is 29.2. The van der Waals surface area contributed by atoms with Crippen LogP contribution >= 0.6 is 0 Å². The van der Waals surface area contributed by atoms with Gasteiger partial charge in [0.15, 0.2) is 0 Å². The molecule has 1 aromatic heterocycles. The molecule has 0 aliphatic carbocycles. The molecule has 0 saturated heterocycles. The Morgan fingerprint density at radius 1 is 1.42 bits per heavy atom. The predicted molar refractivity (Wildman–Crippen MR) is 41.1 cm³/mol. The summed E-state index contributed by atoms with van der Waals surface area (Å²) in [5.41, 5.74) is 6.02. The molecule has 0 unspecified atom stereocenters. The monoisotopic (exact) mass is 175 g/mol. The van der Waals surface area contributed by atoms with Gasteiger partial charge in [-0.05, 0) is 25.5 Å². The van der Waals surface area contributed by atoms with Crippen molar-refractivity contribution in [2.75, 3.05) is 0 Å².